The predicted octanol–water partition coefficient (Wildman–Crippen LogP) is 3.73. The molecule has 0 aliphatic rings. The maximum absolute atomic E-state index is 5.79. The lowest BCUT2D eigenvalue weighted by molar-refractivity contribution is 0.863. The monoisotopic (exact) mass is 452 g/mol. The van der Waals surface area contributed by atoms with Gasteiger partial charge in [0.15, 0.2) is 4.34 Å². The molecule has 0 radical (unpaired) electrons. The van der Waals surface area contributed by atoms with Gasteiger partial charge in [0, 0.05) is 24.3 Å². The summed E-state index contributed by atoms with van der Waals surface area (Å²) in [5.74, 6) is 1.36. The quantitative estimate of drug-likeness (QED) is 0.540. The van der Waals surface area contributed by atoms with E-state index in [1.54, 1.807) is 4.90 Å². The molecule has 136 valence electrons. The molecule has 11 heteroatoms. The molecule has 2 heterocycles. The fourth-order valence-corrected chi connectivity index (χ4v) is 4.34. The maximum atomic E-state index is 5.79. The predicted molar refractivity (Wildman–Crippen MR) is 110 cm³/mol. The Kier molecular flexibility index (Phi) is 5.89. The van der Waals surface area contributed by atoms with Gasteiger partial charge in [-0.25, -0.2) is 0 Å². The molecular weight excluding hydrogens is 436 g/mol. The third-order valence-electron chi connectivity index (χ3n) is 3.18. The first-order chi connectivity index (χ1) is 12.4. The molecule has 0 saturated carbocycles. The number of aromatic nitrogens is 5. The summed E-state index contributed by atoms with van der Waals surface area (Å²) in [6.45, 7) is 2.00. The van der Waals surface area contributed by atoms with Gasteiger partial charge < -0.3 is 16.0 Å². The van der Waals surface area contributed by atoms with Gasteiger partial charge in [-0.2, -0.15) is 15.0 Å². The van der Waals surface area contributed by atoms with Gasteiger partial charge in [0.2, 0.25) is 17.0 Å². The first-order valence-electron chi connectivity index (χ1n) is 7.62. The highest BCUT2D eigenvalue weighted by atomic mass is 79.9. The minimum Gasteiger partial charge on any atom is -0.368 e. The molecule has 0 amide bonds. The summed E-state index contributed by atoms with van der Waals surface area (Å²) < 4.78 is 1.82. The average molecular weight is 453 g/mol. The number of nitrogen functional groups attached to an aromatic ring is 1. The van der Waals surface area contributed by atoms with E-state index in [0.717, 1.165) is 19.6 Å². The zero-order valence-electron chi connectivity index (χ0n) is 14.3. The van der Waals surface area contributed by atoms with Crippen LogP contribution in [0.25, 0.3) is 0 Å². The smallest absolute Gasteiger partial charge is 0.229 e. The largest absolute Gasteiger partial charge is 0.368 e. The molecule has 0 fully saturated rings. The Balaban J connectivity index is 1.70. The molecule has 3 N–H and O–H groups in total. The van der Waals surface area contributed by atoms with Crippen molar-refractivity contribution in [2.75, 3.05) is 30.0 Å². The molecule has 0 unspecified atom stereocenters. The van der Waals surface area contributed by atoms with Crippen LogP contribution >= 0.6 is 39.0 Å². The molecule has 1 atom stereocenters. The number of thioether (sulfide) groups is 1. The number of rotatable bonds is 6. The maximum Gasteiger partial charge on any atom is 0.229 e. The Hall–Kier alpha value is -1.98. The summed E-state index contributed by atoms with van der Waals surface area (Å²) in [5.41, 5.74) is 6.74. The van der Waals surface area contributed by atoms with Gasteiger partial charge in [0.05, 0.1) is 5.25 Å². The normalized spacial score (nSPS) is 12.0. The van der Waals surface area contributed by atoms with E-state index in [1.807, 2.05) is 45.3 Å². The van der Waals surface area contributed by atoms with Crippen molar-refractivity contribution in [2.45, 2.75) is 16.5 Å². The van der Waals surface area contributed by atoms with Crippen molar-refractivity contribution >= 4 is 61.7 Å². The van der Waals surface area contributed by atoms with Crippen molar-refractivity contribution in [1.82, 2.24) is 25.1 Å². The van der Waals surface area contributed by atoms with Gasteiger partial charge in [-0.1, -0.05) is 45.1 Å². The summed E-state index contributed by atoms with van der Waals surface area (Å²) in [7, 11) is 3.72. The minimum atomic E-state index is -0.0364. The van der Waals surface area contributed by atoms with Crippen LogP contribution < -0.4 is 16.0 Å². The molecule has 8 nitrogen and oxygen atoms in total. The van der Waals surface area contributed by atoms with Gasteiger partial charge in [-0.3, -0.25) is 0 Å². The van der Waals surface area contributed by atoms with Crippen molar-refractivity contribution in [3.05, 3.63) is 34.6 Å². The Morgan fingerprint density at radius 1 is 1.23 bits per heavy atom. The van der Waals surface area contributed by atoms with Crippen LogP contribution in [0.1, 0.15) is 18.0 Å². The van der Waals surface area contributed by atoms with E-state index < -0.39 is 0 Å². The minimum absolute atomic E-state index is 0.0364. The van der Waals surface area contributed by atoms with E-state index in [2.05, 4.69) is 46.4 Å². The lowest BCUT2D eigenvalue weighted by Crippen LogP contribution is -2.16. The lowest BCUT2D eigenvalue weighted by Gasteiger charge is -2.13. The Bertz CT molecular complexity index is 901. The molecule has 1 aromatic carbocycles. The highest BCUT2D eigenvalue weighted by molar-refractivity contribution is 9.10. The molecule has 0 aliphatic heterocycles. The van der Waals surface area contributed by atoms with Gasteiger partial charge in [-0.05, 0) is 25.1 Å². The van der Waals surface area contributed by atoms with Crippen LogP contribution in [0, 0.1) is 0 Å². The van der Waals surface area contributed by atoms with Crippen molar-refractivity contribution in [3.63, 3.8) is 0 Å². The number of benzene rings is 1. The molecule has 0 spiro atoms. The first-order valence-corrected chi connectivity index (χ1v) is 10.1. The summed E-state index contributed by atoms with van der Waals surface area (Å²) in [6.07, 6.45) is 0. The SMILES string of the molecule is C[C@@H](Sc1nnc(Nc2cccc(Br)c2)s1)c1nc(N)nc(N(C)C)n1. The molecule has 2 aromatic heterocycles. The van der Waals surface area contributed by atoms with E-state index >= 15 is 0 Å². The summed E-state index contributed by atoms with van der Waals surface area (Å²) in [6, 6.07) is 7.88. The van der Waals surface area contributed by atoms with Gasteiger partial charge in [0.25, 0.3) is 0 Å². The number of nitrogens with zero attached hydrogens (tertiary/aromatic N) is 6. The Morgan fingerprint density at radius 2 is 2.04 bits per heavy atom. The van der Waals surface area contributed by atoms with Gasteiger partial charge in [0.1, 0.15) is 5.82 Å². The van der Waals surface area contributed by atoms with E-state index in [0.29, 0.717) is 11.8 Å². The zero-order chi connectivity index (χ0) is 18.7. The van der Waals surface area contributed by atoms with E-state index in [4.69, 9.17) is 5.73 Å². The number of hydrogen-bond acceptors (Lipinski definition) is 10. The second kappa shape index (κ2) is 8.14. The van der Waals surface area contributed by atoms with Crippen LogP contribution in [0.3, 0.4) is 0 Å². The van der Waals surface area contributed by atoms with E-state index in [-0.39, 0.29) is 11.2 Å². The third-order valence-corrected chi connectivity index (χ3v) is 5.69. The summed E-state index contributed by atoms with van der Waals surface area (Å²) in [5, 5.41) is 12.3. The van der Waals surface area contributed by atoms with Gasteiger partial charge >= 0.3 is 0 Å². The molecule has 26 heavy (non-hydrogen) atoms. The fraction of sp³-hybridized carbons (Fsp3) is 0.267. The highest BCUT2D eigenvalue weighted by Gasteiger charge is 2.17. The molecule has 0 aliphatic carbocycles. The van der Waals surface area contributed by atoms with Gasteiger partial charge in [-0.15, -0.1) is 10.2 Å². The van der Waals surface area contributed by atoms with Crippen LogP contribution in [0.4, 0.5) is 22.7 Å². The topological polar surface area (TPSA) is 106 Å². The summed E-state index contributed by atoms with van der Waals surface area (Å²) in [4.78, 5) is 14.6. The third kappa shape index (κ3) is 4.80. The molecule has 3 rings (SSSR count). The Labute approximate surface area is 167 Å². The average Bonchev–Trinajstić information content (AvgIpc) is 3.01. The summed E-state index contributed by atoms with van der Waals surface area (Å²) >= 11 is 6.45. The van der Waals surface area contributed by atoms with E-state index in [1.165, 1.54) is 23.1 Å². The van der Waals surface area contributed by atoms with Crippen LogP contribution in [-0.2, 0) is 0 Å². The molecular formula is C15H17BrN8S2. The number of anilines is 4. The lowest BCUT2D eigenvalue weighted by atomic mass is 10.3. The van der Waals surface area contributed by atoms with E-state index in [9.17, 15) is 0 Å². The van der Waals surface area contributed by atoms with Crippen molar-refractivity contribution in [2.24, 2.45) is 0 Å². The number of nitrogens with two attached hydrogens (primary N) is 1. The number of nitrogens with one attached hydrogen (secondary N) is 1. The molecule has 0 saturated heterocycles. The second-order valence-electron chi connectivity index (χ2n) is 5.51. The zero-order valence-corrected chi connectivity index (χ0v) is 17.6. The first kappa shape index (κ1) is 18.8. The standard InChI is InChI=1S/C15H17BrN8S2/c1-8(11-19-12(17)21-13(20-11)24(2)3)25-15-23-22-14(26-15)18-10-6-4-5-9(16)7-10/h4-8H,1-3H3,(H,18,22)(H2,17,19,20,21)/t8-/m1/s1. The van der Waals surface area contributed by atoms with Crippen molar-refractivity contribution < 1.29 is 0 Å². The number of halogens is 1. The number of hydrogen-bond donors (Lipinski definition) is 2. The van der Waals surface area contributed by atoms with Crippen LogP contribution in [-0.4, -0.2) is 39.2 Å². The van der Waals surface area contributed by atoms with Crippen molar-refractivity contribution in [1.29, 1.82) is 0 Å². The van der Waals surface area contributed by atoms with Crippen LogP contribution in [0.2, 0.25) is 0 Å². The molecule has 3 aromatic rings. The fourth-order valence-electron chi connectivity index (χ4n) is 1.98. The van der Waals surface area contributed by atoms with Crippen LogP contribution in [0.5, 0.6) is 0 Å². The van der Waals surface area contributed by atoms with Crippen molar-refractivity contribution in [3.8, 4) is 0 Å². The van der Waals surface area contributed by atoms with Crippen LogP contribution in [0.15, 0.2) is 33.1 Å². The Morgan fingerprint density at radius 3 is 2.77 bits per heavy atom. The molecule has 0 bridgehead atoms. The highest BCUT2D eigenvalue weighted by Crippen LogP contribution is 2.37. The second-order valence-corrected chi connectivity index (χ2v) is 9.00.